The van der Waals surface area contributed by atoms with Gasteiger partial charge in [-0.1, -0.05) is 30.3 Å². The molecule has 8 heteroatoms. The number of aromatic nitrogens is 3. The van der Waals surface area contributed by atoms with Gasteiger partial charge in [0.25, 0.3) is 5.91 Å². The van der Waals surface area contributed by atoms with Gasteiger partial charge < -0.3 is 19.0 Å². The molecule has 0 aliphatic carbocycles. The van der Waals surface area contributed by atoms with Crippen molar-refractivity contribution in [3.63, 3.8) is 0 Å². The average molecular weight is 480 g/mol. The zero-order chi connectivity index (χ0) is 24.5. The van der Waals surface area contributed by atoms with Crippen LogP contribution < -0.4 is 9.64 Å². The highest BCUT2D eigenvalue weighted by atomic mass is 16.5. The maximum Gasteiger partial charge on any atom is 0.257 e. The summed E-state index contributed by atoms with van der Waals surface area (Å²) in [5, 5.41) is 4.92. The van der Waals surface area contributed by atoms with Crippen LogP contribution in [0, 0.1) is 0 Å². The van der Waals surface area contributed by atoms with E-state index in [1.807, 2.05) is 57.9 Å². The molecule has 1 amide bonds. The number of fused-ring (bicyclic) bond motifs is 1. The van der Waals surface area contributed by atoms with Crippen LogP contribution in [0.15, 0.2) is 89.7 Å². The predicted octanol–water partition coefficient (Wildman–Crippen LogP) is 4.63. The maximum absolute atomic E-state index is 12.8. The molecule has 1 fully saturated rings. The number of hydrogen-bond acceptors (Lipinski definition) is 6. The number of furan rings is 1. The van der Waals surface area contributed by atoms with Gasteiger partial charge in [0.1, 0.15) is 17.8 Å². The lowest BCUT2D eigenvalue weighted by Gasteiger charge is -2.36. The molecule has 1 aliphatic heterocycles. The van der Waals surface area contributed by atoms with Crippen molar-refractivity contribution < 1.29 is 13.9 Å². The predicted molar refractivity (Wildman–Crippen MR) is 137 cm³/mol. The van der Waals surface area contributed by atoms with Gasteiger partial charge in [0.05, 0.1) is 30.3 Å². The second-order valence-electron chi connectivity index (χ2n) is 8.68. The summed E-state index contributed by atoms with van der Waals surface area (Å²) in [5.74, 6) is 1.75. The van der Waals surface area contributed by atoms with Crippen molar-refractivity contribution in [3.05, 3.63) is 90.9 Å². The molecule has 8 nitrogen and oxygen atoms in total. The van der Waals surface area contributed by atoms with Crippen molar-refractivity contribution in [1.82, 2.24) is 19.5 Å². The van der Waals surface area contributed by atoms with Crippen molar-refractivity contribution >= 4 is 17.4 Å². The molecule has 0 unspecified atom stereocenters. The number of ether oxygens (including phenoxy) is 1. The van der Waals surface area contributed by atoms with E-state index in [9.17, 15) is 4.79 Å². The first-order chi connectivity index (χ1) is 17.7. The lowest BCUT2D eigenvalue weighted by molar-refractivity contribution is 0.0745. The number of anilines is 1. The summed E-state index contributed by atoms with van der Waals surface area (Å²) in [6.45, 7) is 2.60. The Balaban J connectivity index is 1.36. The number of carbonyl (C=O) groups excluding carboxylic acids is 1. The fraction of sp³-hybridized carbons (Fsp3) is 0.179. The topological polar surface area (TPSA) is 76.1 Å². The van der Waals surface area contributed by atoms with E-state index in [1.54, 1.807) is 13.2 Å². The molecule has 6 rings (SSSR count). The highest BCUT2D eigenvalue weighted by Gasteiger charge is 2.25. The molecule has 2 aromatic carbocycles. The Morgan fingerprint density at radius 3 is 2.33 bits per heavy atom. The highest BCUT2D eigenvalue weighted by Crippen LogP contribution is 2.29. The summed E-state index contributed by atoms with van der Waals surface area (Å²) in [5.41, 5.74) is 5.11. The van der Waals surface area contributed by atoms with Gasteiger partial charge >= 0.3 is 0 Å². The second-order valence-corrected chi connectivity index (χ2v) is 8.68. The van der Waals surface area contributed by atoms with Crippen molar-refractivity contribution in [2.75, 3.05) is 38.2 Å². The molecule has 0 N–H and O–H groups in total. The monoisotopic (exact) mass is 479 g/mol. The molecule has 0 bridgehead atoms. The average Bonchev–Trinajstić information content (AvgIpc) is 3.63. The number of rotatable bonds is 5. The summed E-state index contributed by atoms with van der Waals surface area (Å²) < 4.78 is 12.3. The van der Waals surface area contributed by atoms with Crippen LogP contribution in [0.3, 0.4) is 0 Å². The Bertz CT molecular complexity index is 1490. The summed E-state index contributed by atoms with van der Waals surface area (Å²) in [6, 6.07) is 23.8. The minimum absolute atomic E-state index is 0.00543. The van der Waals surface area contributed by atoms with Crippen molar-refractivity contribution in [2.45, 2.75) is 0 Å². The van der Waals surface area contributed by atoms with Crippen molar-refractivity contribution in [3.8, 4) is 28.3 Å². The third kappa shape index (κ3) is 4.07. The fourth-order valence-electron chi connectivity index (χ4n) is 4.55. The van der Waals surface area contributed by atoms with Gasteiger partial charge in [0.2, 0.25) is 0 Å². The first kappa shape index (κ1) is 21.9. The zero-order valence-corrected chi connectivity index (χ0v) is 19.9. The van der Waals surface area contributed by atoms with Crippen LogP contribution in [0.4, 0.5) is 5.82 Å². The quantitative estimate of drug-likeness (QED) is 0.366. The van der Waals surface area contributed by atoms with E-state index < -0.39 is 0 Å². The van der Waals surface area contributed by atoms with E-state index in [1.165, 1.54) is 12.5 Å². The Morgan fingerprint density at radius 1 is 0.889 bits per heavy atom. The van der Waals surface area contributed by atoms with Crippen LogP contribution in [0.25, 0.3) is 28.2 Å². The molecule has 1 saturated heterocycles. The minimum atomic E-state index is -0.00543. The van der Waals surface area contributed by atoms with Crippen molar-refractivity contribution in [2.24, 2.45) is 0 Å². The number of amides is 1. The molecule has 0 atom stereocenters. The molecular formula is C28H25N5O3. The van der Waals surface area contributed by atoms with Crippen molar-refractivity contribution in [1.29, 1.82) is 0 Å². The number of hydrogen-bond donors (Lipinski definition) is 0. The van der Waals surface area contributed by atoms with Crippen LogP contribution in [0.5, 0.6) is 5.75 Å². The molecule has 1 aliphatic rings. The lowest BCUT2D eigenvalue weighted by Crippen LogP contribution is -2.49. The van der Waals surface area contributed by atoms with E-state index in [4.69, 9.17) is 19.2 Å². The molecule has 36 heavy (non-hydrogen) atoms. The SMILES string of the molecule is COc1ccc(-c2cc3nc(-c4ccccc4)cc(N4CCN(C(=O)c5ccoc5)CC4)n3n2)cc1. The Kier molecular flexibility index (Phi) is 5.61. The van der Waals surface area contributed by atoms with Gasteiger partial charge in [-0.25, -0.2) is 4.98 Å². The highest BCUT2D eigenvalue weighted by molar-refractivity contribution is 5.94. The van der Waals surface area contributed by atoms with E-state index in [-0.39, 0.29) is 5.91 Å². The van der Waals surface area contributed by atoms with E-state index in [0.717, 1.165) is 39.7 Å². The van der Waals surface area contributed by atoms with Gasteiger partial charge in [-0.2, -0.15) is 9.61 Å². The normalized spacial score (nSPS) is 13.8. The minimum Gasteiger partial charge on any atom is -0.497 e. The Hall–Kier alpha value is -4.59. The first-order valence-electron chi connectivity index (χ1n) is 11.9. The summed E-state index contributed by atoms with van der Waals surface area (Å²) in [4.78, 5) is 21.8. The smallest absolute Gasteiger partial charge is 0.257 e. The van der Waals surface area contributed by atoms with E-state index in [2.05, 4.69) is 23.1 Å². The number of carbonyl (C=O) groups is 1. The third-order valence-corrected chi connectivity index (χ3v) is 6.52. The number of methoxy groups -OCH3 is 1. The molecule has 0 radical (unpaired) electrons. The van der Waals surface area contributed by atoms with E-state index >= 15 is 0 Å². The van der Waals surface area contributed by atoms with Gasteiger partial charge in [-0.3, -0.25) is 4.79 Å². The number of nitrogens with zero attached hydrogens (tertiary/aromatic N) is 5. The summed E-state index contributed by atoms with van der Waals surface area (Å²) in [7, 11) is 1.66. The zero-order valence-electron chi connectivity index (χ0n) is 19.9. The van der Waals surface area contributed by atoms with Gasteiger partial charge in [0, 0.05) is 49.4 Å². The molecule has 3 aromatic heterocycles. The van der Waals surface area contributed by atoms with Crippen LogP contribution >= 0.6 is 0 Å². The number of piperazine rings is 1. The van der Waals surface area contributed by atoms with E-state index in [0.29, 0.717) is 31.7 Å². The van der Waals surface area contributed by atoms with Gasteiger partial charge in [-0.05, 0) is 30.3 Å². The van der Waals surface area contributed by atoms with Gasteiger partial charge in [0.15, 0.2) is 5.65 Å². The van der Waals surface area contributed by atoms with Crippen LogP contribution in [0.1, 0.15) is 10.4 Å². The Morgan fingerprint density at radius 2 is 1.64 bits per heavy atom. The molecule has 5 aromatic rings. The van der Waals surface area contributed by atoms with Crippen LogP contribution in [0.2, 0.25) is 0 Å². The second kappa shape index (κ2) is 9.22. The molecular weight excluding hydrogens is 454 g/mol. The first-order valence-corrected chi connectivity index (χ1v) is 11.9. The molecule has 0 spiro atoms. The molecule has 0 saturated carbocycles. The summed E-state index contributed by atoms with van der Waals surface area (Å²) >= 11 is 0. The summed E-state index contributed by atoms with van der Waals surface area (Å²) in [6.07, 6.45) is 3.03. The van der Waals surface area contributed by atoms with Crippen LogP contribution in [-0.2, 0) is 0 Å². The third-order valence-electron chi connectivity index (χ3n) is 6.52. The fourth-order valence-corrected chi connectivity index (χ4v) is 4.55. The maximum atomic E-state index is 12.8. The largest absolute Gasteiger partial charge is 0.497 e. The molecule has 180 valence electrons. The molecule has 4 heterocycles. The van der Waals surface area contributed by atoms with Crippen LogP contribution in [-0.4, -0.2) is 58.7 Å². The standard InChI is InChI=1S/C28H25N5O3/c1-35-23-9-7-21(8-10-23)25-17-26-29-24(20-5-3-2-4-6-20)18-27(33(26)30-25)31-12-14-32(15-13-31)28(34)22-11-16-36-19-22/h2-11,16-19H,12-15H2,1H3. The number of benzene rings is 2. The lowest BCUT2D eigenvalue weighted by atomic mass is 10.1. The van der Waals surface area contributed by atoms with Gasteiger partial charge in [-0.15, -0.1) is 0 Å². The Labute approximate surface area is 208 Å².